The van der Waals surface area contributed by atoms with Crippen LogP contribution >= 0.6 is 0 Å². The summed E-state index contributed by atoms with van der Waals surface area (Å²) >= 11 is 0. The lowest BCUT2D eigenvalue weighted by Crippen LogP contribution is -2.26. The standard InChI is InChI=1S/C19H20N2O3S/c1-14-18(16-9-11-17(24-3)12-10-16)25(22,23)20-19(14)21(2)13-15-7-5-4-6-8-15/h4-12H,13H2,1-3H3. The van der Waals surface area contributed by atoms with E-state index in [1.54, 1.807) is 38.3 Å². The second-order valence-corrected chi connectivity index (χ2v) is 7.46. The monoisotopic (exact) mass is 356 g/mol. The number of amidine groups is 1. The minimum Gasteiger partial charge on any atom is -0.497 e. The van der Waals surface area contributed by atoms with Gasteiger partial charge in [0.2, 0.25) is 0 Å². The zero-order chi connectivity index (χ0) is 18.0. The Labute approximate surface area is 148 Å². The van der Waals surface area contributed by atoms with Gasteiger partial charge in [0.15, 0.2) is 0 Å². The number of likely N-dealkylation sites (N-methyl/N-ethyl adjacent to an activating group) is 1. The fraction of sp³-hybridized carbons (Fsp3) is 0.211. The molecule has 0 radical (unpaired) electrons. The number of hydrogen-bond donors (Lipinski definition) is 0. The lowest BCUT2D eigenvalue weighted by atomic mass is 10.1. The van der Waals surface area contributed by atoms with Crippen LogP contribution in [0.4, 0.5) is 0 Å². The molecule has 0 unspecified atom stereocenters. The molecule has 6 heteroatoms. The lowest BCUT2D eigenvalue weighted by molar-refractivity contribution is 0.415. The first-order valence-electron chi connectivity index (χ1n) is 7.88. The molecule has 1 aliphatic rings. The van der Waals surface area contributed by atoms with Crippen molar-refractivity contribution in [3.63, 3.8) is 0 Å². The summed E-state index contributed by atoms with van der Waals surface area (Å²) < 4.78 is 34.3. The molecule has 0 saturated carbocycles. The van der Waals surface area contributed by atoms with Crippen molar-refractivity contribution in [2.45, 2.75) is 13.5 Å². The smallest absolute Gasteiger partial charge is 0.285 e. The van der Waals surface area contributed by atoms with Crippen LogP contribution in [-0.2, 0) is 16.6 Å². The average Bonchev–Trinajstić information content (AvgIpc) is 2.85. The van der Waals surface area contributed by atoms with Gasteiger partial charge in [0.25, 0.3) is 10.0 Å². The number of rotatable bonds is 4. The highest BCUT2D eigenvalue weighted by atomic mass is 32.2. The minimum atomic E-state index is -3.71. The van der Waals surface area contributed by atoms with Crippen molar-refractivity contribution in [1.82, 2.24) is 4.90 Å². The summed E-state index contributed by atoms with van der Waals surface area (Å²) in [7, 11) is -0.286. The van der Waals surface area contributed by atoms with Gasteiger partial charge < -0.3 is 9.64 Å². The zero-order valence-electron chi connectivity index (χ0n) is 14.4. The molecule has 0 fully saturated rings. The summed E-state index contributed by atoms with van der Waals surface area (Å²) in [6.45, 7) is 2.38. The fourth-order valence-corrected chi connectivity index (χ4v) is 4.43. The van der Waals surface area contributed by atoms with Crippen LogP contribution in [0.5, 0.6) is 5.75 Å². The van der Waals surface area contributed by atoms with Gasteiger partial charge in [-0.2, -0.15) is 8.42 Å². The van der Waals surface area contributed by atoms with Crippen LogP contribution < -0.4 is 4.74 Å². The highest BCUT2D eigenvalue weighted by Gasteiger charge is 2.32. The minimum absolute atomic E-state index is 0.255. The molecule has 5 nitrogen and oxygen atoms in total. The Morgan fingerprint density at radius 3 is 2.28 bits per heavy atom. The van der Waals surface area contributed by atoms with Crippen LogP contribution in [0.15, 0.2) is 64.6 Å². The number of methoxy groups -OCH3 is 1. The molecule has 25 heavy (non-hydrogen) atoms. The molecule has 2 aromatic carbocycles. The molecule has 0 aliphatic carbocycles. The molecule has 0 saturated heterocycles. The van der Waals surface area contributed by atoms with Crippen LogP contribution in [0, 0.1) is 0 Å². The Morgan fingerprint density at radius 1 is 1.04 bits per heavy atom. The van der Waals surface area contributed by atoms with Gasteiger partial charge in [-0.25, -0.2) is 0 Å². The number of nitrogens with zero attached hydrogens (tertiary/aromatic N) is 2. The van der Waals surface area contributed by atoms with Crippen LogP contribution in [0.25, 0.3) is 4.91 Å². The van der Waals surface area contributed by atoms with E-state index < -0.39 is 10.0 Å². The predicted octanol–water partition coefficient (Wildman–Crippen LogP) is 3.30. The summed E-state index contributed by atoms with van der Waals surface area (Å²) in [5.74, 6) is 1.16. The van der Waals surface area contributed by atoms with E-state index in [2.05, 4.69) is 4.40 Å². The van der Waals surface area contributed by atoms with Gasteiger partial charge in [-0.3, -0.25) is 0 Å². The predicted molar refractivity (Wildman–Crippen MR) is 99.9 cm³/mol. The van der Waals surface area contributed by atoms with Crippen LogP contribution in [0.3, 0.4) is 0 Å². The van der Waals surface area contributed by atoms with E-state index in [9.17, 15) is 8.42 Å². The van der Waals surface area contributed by atoms with E-state index in [0.717, 1.165) is 5.56 Å². The Balaban J connectivity index is 1.94. The molecule has 0 spiro atoms. The molecule has 1 aliphatic heterocycles. The first kappa shape index (κ1) is 17.2. The van der Waals surface area contributed by atoms with Crippen LogP contribution in [0.2, 0.25) is 0 Å². The van der Waals surface area contributed by atoms with Crippen molar-refractivity contribution in [1.29, 1.82) is 0 Å². The van der Waals surface area contributed by atoms with E-state index in [4.69, 9.17) is 4.74 Å². The summed E-state index contributed by atoms with van der Waals surface area (Å²) in [4.78, 5) is 2.11. The molecule has 0 aromatic heterocycles. The van der Waals surface area contributed by atoms with Crippen LogP contribution in [0.1, 0.15) is 18.1 Å². The number of ether oxygens (including phenoxy) is 1. The van der Waals surface area contributed by atoms with E-state index in [1.807, 2.05) is 42.3 Å². The quantitative estimate of drug-likeness (QED) is 0.843. The molecule has 0 bridgehead atoms. The first-order chi connectivity index (χ1) is 11.9. The third-order valence-electron chi connectivity index (χ3n) is 4.12. The third-order valence-corrected chi connectivity index (χ3v) is 5.59. The fourth-order valence-electron chi connectivity index (χ4n) is 2.92. The molecule has 3 rings (SSSR count). The van der Waals surface area contributed by atoms with Gasteiger partial charge >= 0.3 is 0 Å². The Kier molecular flexibility index (Phi) is 4.63. The summed E-state index contributed by atoms with van der Waals surface area (Å²) in [6.07, 6.45) is 0. The molecule has 0 N–H and O–H groups in total. The van der Waals surface area contributed by atoms with Gasteiger partial charge in [0.1, 0.15) is 16.5 Å². The lowest BCUT2D eigenvalue weighted by Gasteiger charge is -2.19. The topological polar surface area (TPSA) is 59.0 Å². The van der Waals surface area contributed by atoms with Gasteiger partial charge in [-0.1, -0.05) is 30.3 Å². The van der Waals surface area contributed by atoms with E-state index in [-0.39, 0.29) is 4.91 Å². The number of sulfonamides is 1. The Bertz CT molecular complexity index is 930. The largest absolute Gasteiger partial charge is 0.497 e. The third kappa shape index (κ3) is 3.44. The Morgan fingerprint density at radius 2 is 1.68 bits per heavy atom. The van der Waals surface area contributed by atoms with E-state index >= 15 is 0 Å². The maximum absolute atomic E-state index is 12.6. The highest BCUT2D eigenvalue weighted by Crippen LogP contribution is 2.34. The van der Waals surface area contributed by atoms with E-state index in [0.29, 0.717) is 29.3 Å². The second-order valence-electron chi connectivity index (χ2n) is 5.91. The van der Waals surface area contributed by atoms with Gasteiger partial charge in [0, 0.05) is 19.2 Å². The van der Waals surface area contributed by atoms with Gasteiger partial charge in [0.05, 0.1) is 7.11 Å². The normalized spacial score (nSPS) is 15.9. The molecule has 0 amide bonds. The summed E-state index contributed by atoms with van der Waals surface area (Å²) in [5, 5.41) is 0. The maximum Gasteiger partial charge on any atom is 0.285 e. The van der Waals surface area contributed by atoms with Crippen molar-refractivity contribution in [2.75, 3.05) is 14.2 Å². The number of benzene rings is 2. The molecule has 1 heterocycles. The van der Waals surface area contributed by atoms with Gasteiger partial charge in [-0.15, -0.1) is 4.40 Å². The average molecular weight is 356 g/mol. The van der Waals surface area contributed by atoms with Crippen molar-refractivity contribution < 1.29 is 13.2 Å². The van der Waals surface area contributed by atoms with Crippen molar-refractivity contribution in [2.24, 2.45) is 4.40 Å². The van der Waals surface area contributed by atoms with E-state index in [1.165, 1.54) is 0 Å². The number of hydrogen-bond acceptors (Lipinski definition) is 4. The zero-order valence-corrected chi connectivity index (χ0v) is 15.2. The van der Waals surface area contributed by atoms with Crippen molar-refractivity contribution in [3.8, 4) is 5.75 Å². The molecule has 2 aromatic rings. The van der Waals surface area contributed by atoms with Crippen LogP contribution in [-0.4, -0.2) is 33.3 Å². The summed E-state index contributed by atoms with van der Waals surface area (Å²) in [5.41, 5.74) is 2.37. The molecule has 0 atom stereocenters. The van der Waals surface area contributed by atoms with Crippen molar-refractivity contribution in [3.05, 3.63) is 71.3 Å². The van der Waals surface area contributed by atoms with Gasteiger partial charge in [-0.05, 0) is 42.3 Å². The summed E-state index contributed by atoms with van der Waals surface area (Å²) in [6, 6.07) is 16.9. The van der Waals surface area contributed by atoms with Crippen molar-refractivity contribution >= 4 is 20.8 Å². The molecular weight excluding hydrogens is 336 g/mol. The molecular formula is C19H20N2O3S. The highest BCUT2D eigenvalue weighted by molar-refractivity contribution is 8.00. The molecule has 130 valence electrons. The SMILES string of the molecule is COc1ccc(C2=C(C)C(N(C)Cc3ccccc3)=NS2(=O)=O)cc1. The maximum atomic E-state index is 12.6. The second kappa shape index (κ2) is 6.72. The first-order valence-corrected chi connectivity index (χ1v) is 9.32. The Hall–Kier alpha value is -2.60.